The van der Waals surface area contributed by atoms with Gasteiger partial charge in [0.15, 0.2) is 0 Å². The van der Waals surface area contributed by atoms with E-state index in [1.54, 1.807) is 18.2 Å². The second kappa shape index (κ2) is 7.54. The fraction of sp³-hybridized carbons (Fsp3) is 0.304. The van der Waals surface area contributed by atoms with Gasteiger partial charge in [-0.1, -0.05) is 24.3 Å². The summed E-state index contributed by atoms with van der Waals surface area (Å²) in [6, 6.07) is 12.3. The van der Waals surface area contributed by atoms with Crippen LogP contribution in [0.3, 0.4) is 0 Å². The van der Waals surface area contributed by atoms with Crippen LogP contribution in [0.1, 0.15) is 52.4 Å². The van der Waals surface area contributed by atoms with Crippen molar-refractivity contribution in [3.63, 3.8) is 0 Å². The minimum Gasteiger partial charge on any atom is -0.331 e. The third-order valence-corrected chi connectivity index (χ3v) is 6.22. The summed E-state index contributed by atoms with van der Waals surface area (Å²) in [5.74, 6) is -0.983. The van der Waals surface area contributed by atoms with Crippen LogP contribution in [0.2, 0.25) is 0 Å². The maximum Gasteiger partial charge on any atom is 0.319 e. The molecule has 1 unspecified atom stereocenters. The Kier molecular flexibility index (Phi) is 4.69. The summed E-state index contributed by atoms with van der Waals surface area (Å²) in [6.07, 6.45) is 2.35. The predicted molar refractivity (Wildman–Crippen MR) is 112 cm³/mol. The van der Waals surface area contributed by atoms with Crippen molar-refractivity contribution in [1.29, 1.82) is 0 Å². The molecular formula is C23H22N4O4. The van der Waals surface area contributed by atoms with Crippen LogP contribution in [0.25, 0.3) is 0 Å². The second-order valence-corrected chi connectivity index (χ2v) is 8.16. The molecule has 0 aromatic heterocycles. The van der Waals surface area contributed by atoms with Crippen molar-refractivity contribution in [2.24, 2.45) is 0 Å². The molecule has 2 heterocycles. The van der Waals surface area contributed by atoms with Crippen molar-refractivity contribution >= 4 is 29.4 Å². The van der Waals surface area contributed by atoms with Gasteiger partial charge in [-0.2, -0.15) is 0 Å². The highest BCUT2D eigenvalue weighted by Gasteiger charge is 2.39. The Hall–Kier alpha value is -3.68. The molecule has 5 rings (SSSR count). The van der Waals surface area contributed by atoms with Crippen LogP contribution in [-0.2, 0) is 22.6 Å². The molecule has 1 fully saturated rings. The standard InChI is InChI=1S/C23H22N4O4/c28-20-10-9-19(21(29)26-20)27-12-14-11-15(6-7-17(14)22(27)30)24-23(31)25-18-8-5-13-3-1-2-4-16(13)18/h1-4,6-7,11,18-19H,5,8-10,12H2,(H2,24,25,31)(H,26,28,29)/t18-,19?/m1/s1. The van der Waals surface area contributed by atoms with Gasteiger partial charge in [0, 0.05) is 24.2 Å². The van der Waals surface area contributed by atoms with E-state index in [4.69, 9.17) is 0 Å². The van der Waals surface area contributed by atoms with Crippen molar-refractivity contribution in [2.45, 2.75) is 44.3 Å². The van der Waals surface area contributed by atoms with E-state index >= 15 is 0 Å². The number of nitrogens with one attached hydrogen (secondary N) is 3. The number of hydrogen-bond donors (Lipinski definition) is 3. The molecule has 31 heavy (non-hydrogen) atoms. The summed E-state index contributed by atoms with van der Waals surface area (Å²) in [5, 5.41) is 8.16. The predicted octanol–water partition coefficient (Wildman–Crippen LogP) is 2.26. The van der Waals surface area contributed by atoms with E-state index in [0.717, 1.165) is 24.0 Å². The fourth-order valence-electron chi connectivity index (χ4n) is 4.68. The van der Waals surface area contributed by atoms with E-state index in [2.05, 4.69) is 22.0 Å². The van der Waals surface area contributed by atoms with E-state index in [9.17, 15) is 19.2 Å². The SMILES string of the molecule is O=C1CCC(N2Cc3cc(NC(=O)N[C@@H]4CCc5ccccc54)ccc3C2=O)C(=O)N1. The van der Waals surface area contributed by atoms with Gasteiger partial charge >= 0.3 is 6.03 Å². The smallest absolute Gasteiger partial charge is 0.319 e. The zero-order valence-corrected chi connectivity index (χ0v) is 16.8. The zero-order valence-electron chi connectivity index (χ0n) is 16.8. The lowest BCUT2D eigenvalue weighted by atomic mass is 10.0. The molecule has 8 nitrogen and oxygen atoms in total. The van der Waals surface area contributed by atoms with Crippen LogP contribution >= 0.6 is 0 Å². The first-order chi connectivity index (χ1) is 15.0. The quantitative estimate of drug-likeness (QED) is 0.665. The monoisotopic (exact) mass is 418 g/mol. The lowest BCUT2D eigenvalue weighted by Crippen LogP contribution is -2.52. The van der Waals surface area contributed by atoms with Crippen molar-refractivity contribution in [3.05, 3.63) is 64.7 Å². The molecule has 3 N–H and O–H groups in total. The van der Waals surface area contributed by atoms with Gasteiger partial charge in [0.05, 0.1) is 6.04 Å². The molecule has 0 saturated carbocycles. The van der Waals surface area contributed by atoms with E-state index in [-0.39, 0.29) is 36.9 Å². The van der Waals surface area contributed by atoms with E-state index in [1.165, 1.54) is 10.5 Å². The number of nitrogens with zero attached hydrogens (tertiary/aromatic N) is 1. The summed E-state index contributed by atoms with van der Waals surface area (Å²) < 4.78 is 0. The minimum absolute atomic E-state index is 0.0183. The molecule has 2 aromatic rings. The summed E-state index contributed by atoms with van der Waals surface area (Å²) in [5.41, 5.74) is 4.26. The van der Waals surface area contributed by atoms with Crippen LogP contribution in [0.5, 0.6) is 0 Å². The van der Waals surface area contributed by atoms with Crippen molar-refractivity contribution in [3.8, 4) is 0 Å². The lowest BCUT2D eigenvalue weighted by Gasteiger charge is -2.29. The van der Waals surface area contributed by atoms with Crippen LogP contribution in [0.4, 0.5) is 10.5 Å². The van der Waals surface area contributed by atoms with Gasteiger partial charge in [-0.3, -0.25) is 19.7 Å². The van der Waals surface area contributed by atoms with Crippen LogP contribution in [0, 0.1) is 0 Å². The Bertz CT molecular complexity index is 1110. The summed E-state index contributed by atoms with van der Waals surface area (Å²) in [4.78, 5) is 50.4. The molecule has 5 amide bonds. The molecule has 0 bridgehead atoms. The molecule has 0 radical (unpaired) electrons. The number of fused-ring (bicyclic) bond motifs is 2. The first-order valence-corrected chi connectivity index (χ1v) is 10.4. The minimum atomic E-state index is -0.653. The Labute approximate surface area is 179 Å². The van der Waals surface area contributed by atoms with Crippen LogP contribution < -0.4 is 16.0 Å². The van der Waals surface area contributed by atoms with E-state index in [1.807, 2.05) is 18.2 Å². The third-order valence-electron chi connectivity index (χ3n) is 6.22. The second-order valence-electron chi connectivity index (χ2n) is 8.16. The first-order valence-electron chi connectivity index (χ1n) is 10.4. The summed E-state index contributed by atoms with van der Waals surface area (Å²) >= 11 is 0. The molecule has 1 saturated heterocycles. The average molecular weight is 418 g/mol. The number of anilines is 1. The molecule has 3 aliphatic rings. The Morgan fingerprint density at radius 2 is 1.84 bits per heavy atom. The zero-order chi connectivity index (χ0) is 21.5. The number of urea groups is 1. The molecule has 2 aliphatic heterocycles. The van der Waals surface area contributed by atoms with Crippen molar-refractivity contribution in [1.82, 2.24) is 15.5 Å². The highest BCUT2D eigenvalue weighted by atomic mass is 16.2. The summed E-state index contributed by atoms with van der Waals surface area (Å²) in [6.45, 7) is 0.271. The Morgan fingerprint density at radius 1 is 1.00 bits per heavy atom. The van der Waals surface area contributed by atoms with Gasteiger partial charge < -0.3 is 15.5 Å². The van der Waals surface area contributed by atoms with Crippen molar-refractivity contribution < 1.29 is 19.2 Å². The normalized spacial score (nSPS) is 22.1. The molecule has 1 aliphatic carbocycles. The van der Waals surface area contributed by atoms with Gasteiger partial charge in [0.25, 0.3) is 5.91 Å². The van der Waals surface area contributed by atoms with Gasteiger partial charge in [-0.25, -0.2) is 4.79 Å². The number of amides is 5. The number of imide groups is 1. The maximum atomic E-state index is 12.8. The molecule has 8 heteroatoms. The molecular weight excluding hydrogens is 396 g/mol. The Morgan fingerprint density at radius 3 is 2.68 bits per heavy atom. The first kappa shape index (κ1) is 19.3. The molecule has 0 spiro atoms. The Balaban J connectivity index is 1.26. The third kappa shape index (κ3) is 3.54. The number of carbonyl (C=O) groups excluding carboxylic acids is 4. The maximum absolute atomic E-state index is 12.8. The highest BCUT2D eigenvalue weighted by Crippen LogP contribution is 2.31. The molecule has 2 atom stereocenters. The number of carbonyl (C=O) groups is 4. The lowest BCUT2D eigenvalue weighted by molar-refractivity contribution is -0.136. The van der Waals surface area contributed by atoms with Crippen LogP contribution in [-0.4, -0.2) is 34.7 Å². The van der Waals surface area contributed by atoms with E-state index < -0.39 is 11.9 Å². The molecule has 2 aromatic carbocycles. The highest BCUT2D eigenvalue weighted by molar-refractivity contribution is 6.05. The van der Waals surface area contributed by atoms with Gasteiger partial charge in [0.2, 0.25) is 11.8 Å². The van der Waals surface area contributed by atoms with Crippen LogP contribution in [0.15, 0.2) is 42.5 Å². The van der Waals surface area contributed by atoms with Gasteiger partial charge in [-0.05, 0) is 54.2 Å². The van der Waals surface area contributed by atoms with Gasteiger partial charge in [-0.15, -0.1) is 0 Å². The number of benzene rings is 2. The van der Waals surface area contributed by atoms with Crippen molar-refractivity contribution in [2.75, 3.05) is 5.32 Å². The number of hydrogen-bond acceptors (Lipinski definition) is 4. The number of piperidine rings is 1. The topological polar surface area (TPSA) is 108 Å². The number of aryl methyl sites for hydroxylation is 1. The largest absolute Gasteiger partial charge is 0.331 e. The fourth-order valence-corrected chi connectivity index (χ4v) is 4.68. The summed E-state index contributed by atoms with van der Waals surface area (Å²) in [7, 11) is 0. The number of rotatable bonds is 3. The van der Waals surface area contributed by atoms with Gasteiger partial charge in [0.1, 0.15) is 6.04 Å². The molecule has 158 valence electrons. The average Bonchev–Trinajstić information content (AvgIpc) is 3.29. The van der Waals surface area contributed by atoms with E-state index in [0.29, 0.717) is 17.7 Å².